The molecule has 1 aromatic carbocycles. The lowest BCUT2D eigenvalue weighted by Crippen LogP contribution is -2.39. The summed E-state index contributed by atoms with van der Waals surface area (Å²) in [7, 11) is 1.62. The van der Waals surface area contributed by atoms with Gasteiger partial charge in [0.15, 0.2) is 0 Å². The second kappa shape index (κ2) is 8.87. The maximum Gasteiger partial charge on any atom is 0.245 e. The lowest BCUT2D eigenvalue weighted by atomic mass is 10.3. The van der Waals surface area contributed by atoms with Crippen molar-refractivity contribution in [2.75, 3.05) is 18.9 Å². The Labute approximate surface area is 156 Å². The third-order valence-electron chi connectivity index (χ3n) is 3.41. The van der Waals surface area contributed by atoms with Gasteiger partial charge in [0, 0.05) is 23.2 Å². The number of pyridine rings is 1. The predicted molar refractivity (Wildman–Crippen MR) is 102 cm³/mol. The highest BCUT2D eigenvalue weighted by Gasteiger charge is 2.20. The van der Waals surface area contributed by atoms with Gasteiger partial charge in [0.25, 0.3) is 0 Å². The van der Waals surface area contributed by atoms with Crippen LogP contribution in [-0.2, 0) is 9.59 Å². The molecule has 1 heterocycles. The van der Waals surface area contributed by atoms with Crippen LogP contribution in [0, 0.1) is 6.92 Å². The molecule has 2 aromatic rings. The number of nitrogens with one attached hydrogen (secondary N) is 1. The molecule has 0 bridgehead atoms. The Morgan fingerprint density at radius 3 is 2.60 bits per heavy atom. The second-order valence-corrected chi connectivity index (χ2v) is 7.53. The van der Waals surface area contributed by atoms with E-state index < -0.39 is 0 Å². The molecule has 0 spiro atoms. The summed E-state index contributed by atoms with van der Waals surface area (Å²) >= 11 is 7.29. The zero-order valence-corrected chi connectivity index (χ0v) is 15.9. The number of hydrogen-bond donors (Lipinski definition) is 1. The molecule has 0 saturated carbocycles. The molecule has 0 saturated heterocycles. The smallest absolute Gasteiger partial charge is 0.245 e. The summed E-state index contributed by atoms with van der Waals surface area (Å²) in [6.07, 6.45) is 1.63. The first kappa shape index (κ1) is 19.3. The molecule has 1 N–H and O–H groups in total. The molecule has 2 amide bonds. The van der Waals surface area contributed by atoms with E-state index in [9.17, 15) is 9.59 Å². The Hall–Kier alpha value is -2.05. The third kappa shape index (κ3) is 6.07. The van der Waals surface area contributed by atoms with Crippen LogP contribution in [0.5, 0.6) is 0 Å². The van der Waals surface area contributed by atoms with Crippen LogP contribution in [0.25, 0.3) is 0 Å². The van der Waals surface area contributed by atoms with Gasteiger partial charge in [0.2, 0.25) is 11.8 Å². The van der Waals surface area contributed by atoms with Gasteiger partial charge < -0.3 is 10.2 Å². The number of hydrogen-bond acceptors (Lipinski definition) is 4. The van der Waals surface area contributed by atoms with Crippen molar-refractivity contribution in [3.05, 3.63) is 53.2 Å². The van der Waals surface area contributed by atoms with Crippen molar-refractivity contribution < 1.29 is 9.59 Å². The number of nitrogens with zero attached hydrogens (tertiary/aromatic N) is 2. The first-order chi connectivity index (χ1) is 11.8. The molecule has 5 nitrogen and oxygen atoms in total. The van der Waals surface area contributed by atoms with Crippen LogP contribution in [0.15, 0.2) is 47.5 Å². The maximum absolute atomic E-state index is 12.4. The highest BCUT2D eigenvalue weighted by molar-refractivity contribution is 8.00. The number of carbonyl (C=O) groups is 2. The summed E-state index contributed by atoms with van der Waals surface area (Å²) in [5.74, 6) is 0.0828. The van der Waals surface area contributed by atoms with E-state index in [0.29, 0.717) is 10.8 Å². The number of thioether (sulfide) groups is 1. The van der Waals surface area contributed by atoms with Crippen molar-refractivity contribution in [3.63, 3.8) is 0 Å². The van der Waals surface area contributed by atoms with Gasteiger partial charge in [-0.2, -0.15) is 0 Å². The van der Waals surface area contributed by atoms with Gasteiger partial charge in [0.1, 0.15) is 5.82 Å². The average Bonchev–Trinajstić information content (AvgIpc) is 2.56. The molecular formula is C18H20ClN3O2S. The number of rotatable bonds is 6. The molecule has 25 heavy (non-hydrogen) atoms. The van der Waals surface area contributed by atoms with Crippen LogP contribution in [0.2, 0.25) is 5.02 Å². The Kier molecular flexibility index (Phi) is 6.84. The topological polar surface area (TPSA) is 62.3 Å². The number of anilines is 1. The van der Waals surface area contributed by atoms with Gasteiger partial charge in [-0.3, -0.25) is 9.59 Å². The second-order valence-electron chi connectivity index (χ2n) is 5.67. The number of halogens is 1. The molecule has 0 aliphatic carbocycles. The SMILES string of the molecule is Cc1ccnc(NC(=O)CN(C)C(=O)C(C)Sc2ccc(Cl)cc2)c1. The molecule has 0 aliphatic rings. The van der Waals surface area contributed by atoms with Crippen LogP contribution in [0.3, 0.4) is 0 Å². The number of aromatic nitrogens is 1. The molecular weight excluding hydrogens is 358 g/mol. The summed E-state index contributed by atoms with van der Waals surface area (Å²) in [5, 5.41) is 3.04. The minimum atomic E-state index is -0.309. The van der Waals surface area contributed by atoms with E-state index in [1.165, 1.54) is 16.7 Å². The third-order valence-corrected chi connectivity index (χ3v) is 4.77. The molecule has 1 aromatic heterocycles. The predicted octanol–water partition coefficient (Wildman–Crippen LogP) is 3.62. The summed E-state index contributed by atoms with van der Waals surface area (Å²) in [6.45, 7) is 3.71. The quantitative estimate of drug-likeness (QED) is 0.781. The van der Waals surface area contributed by atoms with Crippen molar-refractivity contribution in [2.24, 2.45) is 0 Å². The van der Waals surface area contributed by atoms with Gasteiger partial charge >= 0.3 is 0 Å². The fourth-order valence-corrected chi connectivity index (χ4v) is 3.27. The zero-order valence-electron chi connectivity index (χ0n) is 14.3. The van der Waals surface area contributed by atoms with Crippen LogP contribution in [-0.4, -0.2) is 40.5 Å². The fourth-order valence-electron chi connectivity index (χ4n) is 2.16. The Bertz CT molecular complexity index is 752. The highest BCUT2D eigenvalue weighted by atomic mass is 35.5. The molecule has 132 valence electrons. The van der Waals surface area contributed by atoms with E-state index in [4.69, 9.17) is 11.6 Å². The number of benzene rings is 1. The Morgan fingerprint density at radius 1 is 1.28 bits per heavy atom. The summed E-state index contributed by atoms with van der Waals surface area (Å²) in [5.41, 5.74) is 1.00. The summed E-state index contributed by atoms with van der Waals surface area (Å²) in [6, 6.07) is 10.9. The number of likely N-dealkylation sites (N-methyl/N-ethyl adjacent to an activating group) is 1. The van der Waals surface area contributed by atoms with E-state index in [-0.39, 0.29) is 23.6 Å². The Morgan fingerprint density at radius 2 is 1.96 bits per heavy atom. The van der Waals surface area contributed by atoms with Crippen molar-refractivity contribution in [1.29, 1.82) is 0 Å². The van der Waals surface area contributed by atoms with Crippen LogP contribution < -0.4 is 5.32 Å². The lowest BCUT2D eigenvalue weighted by molar-refractivity contribution is -0.132. The van der Waals surface area contributed by atoms with Crippen LogP contribution >= 0.6 is 23.4 Å². The van der Waals surface area contributed by atoms with E-state index in [1.807, 2.05) is 32.0 Å². The number of amides is 2. The van der Waals surface area contributed by atoms with Gasteiger partial charge in [-0.15, -0.1) is 11.8 Å². The largest absolute Gasteiger partial charge is 0.335 e. The van der Waals surface area contributed by atoms with Crippen molar-refractivity contribution in [3.8, 4) is 0 Å². The summed E-state index contributed by atoms with van der Waals surface area (Å²) < 4.78 is 0. The lowest BCUT2D eigenvalue weighted by Gasteiger charge is -2.20. The van der Waals surface area contributed by atoms with Gasteiger partial charge in [0.05, 0.1) is 11.8 Å². The normalized spacial score (nSPS) is 11.7. The molecule has 2 rings (SSSR count). The average molecular weight is 378 g/mol. The number of carbonyl (C=O) groups excluding carboxylic acids is 2. The molecule has 0 aliphatic heterocycles. The first-order valence-electron chi connectivity index (χ1n) is 7.75. The van der Waals surface area contributed by atoms with E-state index in [1.54, 1.807) is 31.4 Å². The van der Waals surface area contributed by atoms with Gasteiger partial charge in [-0.05, 0) is 55.8 Å². The van der Waals surface area contributed by atoms with E-state index >= 15 is 0 Å². The van der Waals surface area contributed by atoms with Gasteiger partial charge in [-0.25, -0.2) is 4.98 Å². The van der Waals surface area contributed by atoms with Crippen LogP contribution in [0.1, 0.15) is 12.5 Å². The van der Waals surface area contributed by atoms with Crippen LogP contribution in [0.4, 0.5) is 5.82 Å². The highest BCUT2D eigenvalue weighted by Crippen LogP contribution is 2.25. The minimum absolute atomic E-state index is 0.0278. The maximum atomic E-state index is 12.4. The van der Waals surface area contributed by atoms with Gasteiger partial charge in [-0.1, -0.05) is 11.6 Å². The fraction of sp³-hybridized carbons (Fsp3) is 0.278. The van der Waals surface area contributed by atoms with Crippen molar-refractivity contribution in [2.45, 2.75) is 24.0 Å². The molecule has 1 unspecified atom stereocenters. The minimum Gasteiger partial charge on any atom is -0.335 e. The van der Waals surface area contributed by atoms with Crippen molar-refractivity contribution >= 4 is 41.0 Å². The zero-order chi connectivity index (χ0) is 18.4. The molecule has 0 radical (unpaired) electrons. The van der Waals surface area contributed by atoms with E-state index in [0.717, 1.165) is 10.5 Å². The standard InChI is InChI=1S/C18H20ClN3O2S/c1-12-8-9-20-16(10-12)21-17(23)11-22(3)18(24)13(2)25-15-6-4-14(19)5-7-15/h4-10,13H,11H2,1-3H3,(H,20,21,23). The summed E-state index contributed by atoms with van der Waals surface area (Å²) in [4.78, 5) is 31.0. The Balaban J connectivity index is 1.88. The monoisotopic (exact) mass is 377 g/mol. The van der Waals surface area contributed by atoms with E-state index in [2.05, 4.69) is 10.3 Å². The first-order valence-corrected chi connectivity index (χ1v) is 9.00. The van der Waals surface area contributed by atoms with Crippen molar-refractivity contribution in [1.82, 2.24) is 9.88 Å². The molecule has 0 fully saturated rings. The number of aryl methyl sites for hydroxylation is 1. The molecule has 1 atom stereocenters. The molecule has 7 heteroatoms.